The van der Waals surface area contributed by atoms with Gasteiger partial charge in [-0.15, -0.1) is 0 Å². The molecule has 0 aromatic carbocycles. The molecule has 0 radical (unpaired) electrons. The molecule has 126 valence electrons. The summed E-state index contributed by atoms with van der Waals surface area (Å²) in [5.74, 6) is 0.456. The Labute approximate surface area is 136 Å². The number of rotatable bonds is 3. The number of aliphatic hydroxyl groups is 1. The van der Waals surface area contributed by atoms with E-state index in [9.17, 15) is 9.90 Å². The maximum absolute atomic E-state index is 12.6. The third-order valence-corrected chi connectivity index (χ3v) is 4.81. The van der Waals surface area contributed by atoms with Gasteiger partial charge >= 0.3 is 0 Å². The number of nitrogens with two attached hydrogens (primary N) is 1. The van der Waals surface area contributed by atoms with Crippen molar-refractivity contribution in [3.63, 3.8) is 0 Å². The van der Waals surface area contributed by atoms with E-state index < -0.39 is 5.60 Å². The lowest BCUT2D eigenvalue weighted by Crippen LogP contribution is -2.46. The van der Waals surface area contributed by atoms with Crippen LogP contribution in [0.2, 0.25) is 0 Å². The molecule has 2 aliphatic rings. The highest BCUT2D eigenvalue weighted by atomic mass is 16.5. The van der Waals surface area contributed by atoms with Crippen molar-refractivity contribution in [2.75, 3.05) is 25.4 Å². The Morgan fingerprint density at radius 3 is 2.91 bits per heavy atom. The van der Waals surface area contributed by atoms with Gasteiger partial charge in [-0.05, 0) is 25.0 Å². The molecule has 23 heavy (non-hydrogen) atoms. The average molecular weight is 319 g/mol. The zero-order chi connectivity index (χ0) is 16.3. The first kappa shape index (κ1) is 16.2. The maximum Gasteiger partial charge on any atom is 0.225 e. The molecular formula is C17H25N3O3. The summed E-state index contributed by atoms with van der Waals surface area (Å²) in [6, 6.07) is 5.43. The van der Waals surface area contributed by atoms with Crippen molar-refractivity contribution in [3.8, 4) is 0 Å². The highest BCUT2D eigenvalue weighted by Gasteiger charge is 2.35. The number of ether oxygens (including phenoxy) is 1. The molecule has 2 heterocycles. The van der Waals surface area contributed by atoms with Crippen LogP contribution in [0.15, 0.2) is 18.2 Å². The monoisotopic (exact) mass is 319 g/mol. The Morgan fingerprint density at radius 1 is 1.39 bits per heavy atom. The molecule has 0 spiro atoms. The quantitative estimate of drug-likeness (QED) is 0.884. The number of aromatic nitrogens is 1. The van der Waals surface area contributed by atoms with E-state index in [2.05, 4.69) is 4.98 Å². The summed E-state index contributed by atoms with van der Waals surface area (Å²) < 4.78 is 5.74. The normalized spacial score (nSPS) is 24.4. The Bertz CT molecular complexity index is 558. The van der Waals surface area contributed by atoms with Crippen molar-refractivity contribution >= 4 is 11.7 Å². The molecule has 1 unspecified atom stereocenters. The standard InChI is InChI=1S/C17H25N3O3/c18-15-6-4-5-13(19-15)14-12-20(9-10-23-14)16(21)11-17(22)7-2-1-3-8-17/h4-6,14,22H,1-3,7-12H2,(H2,18,19). The smallest absolute Gasteiger partial charge is 0.225 e. The summed E-state index contributed by atoms with van der Waals surface area (Å²) in [7, 11) is 0. The maximum atomic E-state index is 12.6. The number of hydrogen-bond acceptors (Lipinski definition) is 5. The number of hydrogen-bond donors (Lipinski definition) is 2. The molecule has 3 rings (SSSR count). The molecule has 2 fully saturated rings. The third-order valence-electron chi connectivity index (χ3n) is 4.81. The highest BCUT2D eigenvalue weighted by molar-refractivity contribution is 5.77. The zero-order valence-corrected chi connectivity index (χ0v) is 13.4. The van der Waals surface area contributed by atoms with Crippen molar-refractivity contribution in [1.82, 2.24) is 9.88 Å². The minimum Gasteiger partial charge on any atom is -0.389 e. The van der Waals surface area contributed by atoms with E-state index in [1.54, 1.807) is 11.0 Å². The molecular weight excluding hydrogens is 294 g/mol. The van der Waals surface area contributed by atoms with Crippen molar-refractivity contribution in [3.05, 3.63) is 23.9 Å². The number of amides is 1. The number of nitrogens with zero attached hydrogens (tertiary/aromatic N) is 2. The molecule has 6 nitrogen and oxygen atoms in total. The topological polar surface area (TPSA) is 88.7 Å². The highest BCUT2D eigenvalue weighted by Crippen LogP contribution is 2.32. The van der Waals surface area contributed by atoms with Crippen LogP contribution >= 0.6 is 0 Å². The number of anilines is 1. The van der Waals surface area contributed by atoms with E-state index in [-0.39, 0.29) is 18.4 Å². The van der Waals surface area contributed by atoms with Crippen LogP contribution in [0.3, 0.4) is 0 Å². The predicted octanol–water partition coefficient (Wildman–Crippen LogP) is 1.65. The second-order valence-electron chi connectivity index (χ2n) is 6.65. The second kappa shape index (κ2) is 6.84. The van der Waals surface area contributed by atoms with Gasteiger partial charge in [-0.25, -0.2) is 4.98 Å². The molecule has 0 bridgehead atoms. The summed E-state index contributed by atoms with van der Waals surface area (Å²) in [6.45, 7) is 1.50. The predicted molar refractivity (Wildman–Crippen MR) is 86.6 cm³/mol. The molecule has 1 amide bonds. The van der Waals surface area contributed by atoms with Gasteiger partial charge in [0.05, 0.1) is 30.9 Å². The molecule has 3 N–H and O–H groups in total. The molecule has 1 aromatic rings. The second-order valence-corrected chi connectivity index (χ2v) is 6.65. The summed E-state index contributed by atoms with van der Waals surface area (Å²) in [5, 5.41) is 10.6. The first-order chi connectivity index (χ1) is 11.1. The van der Waals surface area contributed by atoms with E-state index >= 15 is 0 Å². The molecule has 1 saturated carbocycles. The van der Waals surface area contributed by atoms with Gasteiger partial charge in [0.25, 0.3) is 0 Å². The first-order valence-corrected chi connectivity index (χ1v) is 8.40. The minimum absolute atomic E-state index is 0.00611. The summed E-state index contributed by atoms with van der Waals surface area (Å²) in [6.07, 6.45) is 4.57. The van der Waals surface area contributed by atoms with E-state index in [0.29, 0.717) is 25.5 Å². The van der Waals surface area contributed by atoms with Gasteiger partial charge in [0.2, 0.25) is 5.91 Å². The van der Waals surface area contributed by atoms with Gasteiger partial charge in [-0.2, -0.15) is 0 Å². The zero-order valence-electron chi connectivity index (χ0n) is 13.4. The Hall–Kier alpha value is -1.66. The van der Waals surface area contributed by atoms with Crippen LogP contribution in [0.4, 0.5) is 5.82 Å². The van der Waals surface area contributed by atoms with Gasteiger partial charge < -0.3 is 20.5 Å². The summed E-state index contributed by atoms with van der Waals surface area (Å²) in [4.78, 5) is 18.6. The largest absolute Gasteiger partial charge is 0.389 e. The van der Waals surface area contributed by atoms with E-state index in [1.165, 1.54) is 0 Å². The minimum atomic E-state index is -0.821. The lowest BCUT2D eigenvalue weighted by molar-refractivity contribution is -0.145. The van der Waals surface area contributed by atoms with Crippen molar-refractivity contribution in [1.29, 1.82) is 0 Å². The fraction of sp³-hybridized carbons (Fsp3) is 0.647. The van der Waals surface area contributed by atoms with Gasteiger partial charge in [0, 0.05) is 6.54 Å². The van der Waals surface area contributed by atoms with Crippen molar-refractivity contribution in [2.24, 2.45) is 0 Å². The van der Waals surface area contributed by atoms with Gasteiger partial charge in [-0.3, -0.25) is 4.79 Å². The van der Waals surface area contributed by atoms with Gasteiger partial charge in [0.15, 0.2) is 0 Å². The van der Waals surface area contributed by atoms with Crippen molar-refractivity contribution in [2.45, 2.75) is 50.2 Å². The fourth-order valence-electron chi connectivity index (χ4n) is 3.48. The molecule has 6 heteroatoms. The lowest BCUT2D eigenvalue weighted by atomic mass is 9.82. The van der Waals surface area contributed by atoms with E-state index in [1.807, 2.05) is 12.1 Å². The Kier molecular flexibility index (Phi) is 4.82. The number of nitrogen functional groups attached to an aromatic ring is 1. The van der Waals surface area contributed by atoms with E-state index in [0.717, 1.165) is 37.8 Å². The third kappa shape index (κ3) is 4.00. The van der Waals surface area contributed by atoms with Crippen LogP contribution in [0.25, 0.3) is 0 Å². The molecule has 1 aliphatic carbocycles. The van der Waals surface area contributed by atoms with Crippen LogP contribution in [0.5, 0.6) is 0 Å². The van der Waals surface area contributed by atoms with Crippen LogP contribution in [-0.4, -0.2) is 46.2 Å². The average Bonchev–Trinajstić information content (AvgIpc) is 2.55. The van der Waals surface area contributed by atoms with Crippen LogP contribution in [0, 0.1) is 0 Å². The number of morpholine rings is 1. The Balaban J connectivity index is 1.62. The SMILES string of the molecule is Nc1cccc(C2CN(C(=O)CC3(O)CCCCC3)CCO2)n1. The number of pyridine rings is 1. The van der Waals surface area contributed by atoms with Gasteiger partial charge in [-0.1, -0.05) is 25.3 Å². The van der Waals surface area contributed by atoms with Crippen LogP contribution < -0.4 is 5.73 Å². The molecule has 1 aromatic heterocycles. The lowest BCUT2D eigenvalue weighted by Gasteiger charge is -2.37. The molecule has 1 atom stereocenters. The fourth-order valence-corrected chi connectivity index (χ4v) is 3.48. The summed E-state index contributed by atoms with van der Waals surface area (Å²) >= 11 is 0. The number of carbonyl (C=O) groups excluding carboxylic acids is 1. The summed E-state index contributed by atoms with van der Waals surface area (Å²) in [5.41, 5.74) is 5.65. The van der Waals surface area contributed by atoms with E-state index in [4.69, 9.17) is 10.5 Å². The van der Waals surface area contributed by atoms with Crippen LogP contribution in [-0.2, 0) is 9.53 Å². The molecule has 1 aliphatic heterocycles. The van der Waals surface area contributed by atoms with Crippen molar-refractivity contribution < 1.29 is 14.6 Å². The molecule has 1 saturated heterocycles. The first-order valence-electron chi connectivity index (χ1n) is 8.40. The van der Waals surface area contributed by atoms with Crippen LogP contribution in [0.1, 0.15) is 50.3 Å². The Morgan fingerprint density at radius 2 is 2.17 bits per heavy atom. The number of carbonyl (C=O) groups is 1. The van der Waals surface area contributed by atoms with Gasteiger partial charge in [0.1, 0.15) is 11.9 Å².